The van der Waals surface area contributed by atoms with Crippen LogP contribution in [0, 0.1) is 0 Å². The first kappa shape index (κ1) is 12.2. The average Bonchev–Trinajstić information content (AvgIpc) is 3.10. The molecule has 0 saturated carbocycles. The van der Waals surface area contributed by atoms with Gasteiger partial charge in [-0.2, -0.15) is 10.1 Å². The molecule has 7 heteroatoms. The molecule has 1 aliphatic heterocycles. The van der Waals surface area contributed by atoms with Gasteiger partial charge in [-0.3, -0.25) is 9.78 Å². The number of rotatable bonds is 3. The van der Waals surface area contributed by atoms with Gasteiger partial charge in [-0.1, -0.05) is 0 Å². The SMILES string of the molecule is CC(c1nc(N2CCC(N)CC2)n[nH]1)n1cccn1. The second-order valence-electron chi connectivity index (χ2n) is 5.01. The van der Waals surface area contributed by atoms with E-state index >= 15 is 0 Å². The van der Waals surface area contributed by atoms with E-state index in [2.05, 4.69) is 25.2 Å². The van der Waals surface area contributed by atoms with Crippen LogP contribution in [0.2, 0.25) is 0 Å². The number of nitrogens with zero attached hydrogens (tertiary/aromatic N) is 5. The molecular weight excluding hydrogens is 242 g/mol. The van der Waals surface area contributed by atoms with E-state index < -0.39 is 0 Å². The number of H-pyrrole nitrogens is 1. The lowest BCUT2D eigenvalue weighted by molar-refractivity contribution is 0.495. The number of aromatic amines is 1. The number of nitrogens with two attached hydrogens (primary N) is 1. The van der Waals surface area contributed by atoms with Gasteiger partial charge in [0.05, 0.1) is 0 Å². The molecule has 0 bridgehead atoms. The van der Waals surface area contributed by atoms with Crippen molar-refractivity contribution in [2.45, 2.75) is 31.8 Å². The van der Waals surface area contributed by atoms with Crippen LogP contribution in [0.15, 0.2) is 18.5 Å². The van der Waals surface area contributed by atoms with Crippen LogP contribution >= 0.6 is 0 Å². The molecule has 0 amide bonds. The Bertz CT molecular complexity index is 510. The van der Waals surface area contributed by atoms with E-state index in [1.807, 2.05) is 23.9 Å². The second-order valence-corrected chi connectivity index (χ2v) is 5.01. The third kappa shape index (κ3) is 2.46. The fraction of sp³-hybridized carbons (Fsp3) is 0.583. The first-order valence-electron chi connectivity index (χ1n) is 6.66. The summed E-state index contributed by atoms with van der Waals surface area (Å²) in [6.45, 7) is 3.90. The van der Waals surface area contributed by atoms with Crippen molar-refractivity contribution >= 4 is 5.95 Å². The van der Waals surface area contributed by atoms with Gasteiger partial charge in [-0.25, -0.2) is 0 Å². The monoisotopic (exact) mass is 261 g/mol. The maximum absolute atomic E-state index is 5.91. The van der Waals surface area contributed by atoms with E-state index in [0.29, 0.717) is 6.04 Å². The van der Waals surface area contributed by atoms with Gasteiger partial charge in [0.1, 0.15) is 6.04 Å². The average molecular weight is 261 g/mol. The van der Waals surface area contributed by atoms with Crippen molar-refractivity contribution in [2.75, 3.05) is 18.0 Å². The summed E-state index contributed by atoms with van der Waals surface area (Å²) in [4.78, 5) is 6.75. The third-order valence-electron chi connectivity index (χ3n) is 3.63. The minimum Gasteiger partial charge on any atom is -0.339 e. The highest BCUT2D eigenvalue weighted by atomic mass is 15.4. The van der Waals surface area contributed by atoms with Crippen LogP contribution in [0.1, 0.15) is 31.6 Å². The molecule has 1 saturated heterocycles. The molecule has 2 aromatic heterocycles. The van der Waals surface area contributed by atoms with E-state index in [-0.39, 0.29) is 6.04 Å². The van der Waals surface area contributed by atoms with Crippen molar-refractivity contribution in [3.63, 3.8) is 0 Å². The summed E-state index contributed by atoms with van der Waals surface area (Å²) in [5, 5.41) is 11.5. The van der Waals surface area contributed by atoms with E-state index in [1.54, 1.807) is 6.20 Å². The molecule has 3 rings (SSSR count). The Morgan fingerprint density at radius 2 is 2.21 bits per heavy atom. The molecule has 3 heterocycles. The summed E-state index contributed by atoms with van der Waals surface area (Å²) in [7, 11) is 0. The molecule has 1 aliphatic rings. The van der Waals surface area contributed by atoms with Crippen LogP contribution < -0.4 is 10.6 Å². The summed E-state index contributed by atoms with van der Waals surface area (Å²) in [5.41, 5.74) is 5.91. The topological polar surface area (TPSA) is 88.7 Å². The van der Waals surface area contributed by atoms with Crippen molar-refractivity contribution in [3.05, 3.63) is 24.3 Å². The lowest BCUT2D eigenvalue weighted by Gasteiger charge is -2.28. The highest BCUT2D eigenvalue weighted by Gasteiger charge is 2.21. The molecule has 2 aromatic rings. The quantitative estimate of drug-likeness (QED) is 0.841. The van der Waals surface area contributed by atoms with E-state index in [9.17, 15) is 0 Å². The smallest absolute Gasteiger partial charge is 0.244 e. The molecule has 1 fully saturated rings. The van der Waals surface area contributed by atoms with Gasteiger partial charge >= 0.3 is 0 Å². The molecule has 0 aliphatic carbocycles. The second kappa shape index (κ2) is 5.00. The Morgan fingerprint density at radius 3 is 2.89 bits per heavy atom. The Kier molecular flexibility index (Phi) is 3.20. The van der Waals surface area contributed by atoms with Gasteiger partial charge in [-0.15, -0.1) is 5.10 Å². The maximum Gasteiger partial charge on any atom is 0.244 e. The molecule has 19 heavy (non-hydrogen) atoms. The molecule has 3 N–H and O–H groups in total. The molecule has 0 spiro atoms. The number of piperidine rings is 1. The fourth-order valence-corrected chi connectivity index (χ4v) is 2.33. The van der Waals surface area contributed by atoms with E-state index in [4.69, 9.17) is 5.73 Å². The van der Waals surface area contributed by atoms with Crippen LogP contribution in [-0.4, -0.2) is 44.1 Å². The molecule has 0 radical (unpaired) electrons. The fourth-order valence-electron chi connectivity index (χ4n) is 2.33. The lowest BCUT2D eigenvalue weighted by atomic mass is 10.1. The van der Waals surface area contributed by atoms with Gasteiger partial charge in [0.25, 0.3) is 0 Å². The zero-order valence-corrected chi connectivity index (χ0v) is 11.0. The van der Waals surface area contributed by atoms with Gasteiger partial charge in [0.15, 0.2) is 5.82 Å². The number of aromatic nitrogens is 5. The Labute approximate surface area is 111 Å². The number of nitrogens with one attached hydrogen (secondary N) is 1. The van der Waals surface area contributed by atoms with Crippen LogP contribution in [0.3, 0.4) is 0 Å². The zero-order valence-electron chi connectivity index (χ0n) is 11.0. The van der Waals surface area contributed by atoms with Crippen molar-refractivity contribution in [1.82, 2.24) is 25.0 Å². The predicted molar refractivity (Wildman–Crippen MR) is 71.8 cm³/mol. The molecule has 102 valence electrons. The first-order valence-corrected chi connectivity index (χ1v) is 6.66. The Hall–Kier alpha value is -1.89. The summed E-state index contributed by atoms with van der Waals surface area (Å²) >= 11 is 0. The highest BCUT2D eigenvalue weighted by Crippen LogP contribution is 2.18. The van der Waals surface area contributed by atoms with Crippen LogP contribution in [0.25, 0.3) is 0 Å². The molecule has 7 nitrogen and oxygen atoms in total. The number of hydrogen-bond acceptors (Lipinski definition) is 5. The lowest BCUT2D eigenvalue weighted by Crippen LogP contribution is -2.40. The van der Waals surface area contributed by atoms with Gasteiger partial charge in [0, 0.05) is 31.5 Å². The minimum absolute atomic E-state index is 0.0586. The van der Waals surface area contributed by atoms with Crippen LogP contribution in [0.4, 0.5) is 5.95 Å². The van der Waals surface area contributed by atoms with Crippen molar-refractivity contribution in [1.29, 1.82) is 0 Å². The molecule has 1 unspecified atom stereocenters. The van der Waals surface area contributed by atoms with E-state index in [1.165, 1.54) is 0 Å². The Balaban J connectivity index is 1.73. The summed E-state index contributed by atoms with van der Waals surface area (Å²) in [5.74, 6) is 1.59. The number of anilines is 1. The summed E-state index contributed by atoms with van der Waals surface area (Å²) < 4.78 is 1.86. The van der Waals surface area contributed by atoms with Crippen LogP contribution in [0.5, 0.6) is 0 Å². The summed E-state index contributed by atoms with van der Waals surface area (Å²) in [6.07, 6.45) is 5.68. The largest absolute Gasteiger partial charge is 0.339 e. The molecule has 1 atom stereocenters. The molecular formula is C12H19N7. The number of hydrogen-bond donors (Lipinski definition) is 2. The van der Waals surface area contributed by atoms with Gasteiger partial charge in [-0.05, 0) is 25.8 Å². The maximum atomic E-state index is 5.91. The highest BCUT2D eigenvalue weighted by molar-refractivity contribution is 5.30. The van der Waals surface area contributed by atoms with Crippen molar-refractivity contribution < 1.29 is 0 Å². The third-order valence-corrected chi connectivity index (χ3v) is 3.63. The summed E-state index contributed by atoms with van der Waals surface area (Å²) in [6, 6.07) is 2.28. The Morgan fingerprint density at radius 1 is 1.42 bits per heavy atom. The van der Waals surface area contributed by atoms with Gasteiger partial charge in [0.2, 0.25) is 5.95 Å². The molecule has 0 aromatic carbocycles. The zero-order chi connectivity index (χ0) is 13.2. The van der Waals surface area contributed by atoms with Gasteiger partial charge < -0.3 is 10.6 Å². The first-order chi connectivity index (χ1) is 9.24. The normalized spacial score (nSPS) is 18.7. The minimum atomic E-state index is 0.0586. The van der Waals surface area contributed by atoms with Crippen LogP contribution in [-0.2, 0) is 0 Å². The van der Waals surface area contributed by atoms with Crippen molar-refractivity contribution in [2.24, 2.45) is 5.73 Å². The van der Waals surface area contributed by atoms with Crippen molar-refractivity contribution in [3.8, 4) is 0 Å². The van der Waals surface area contributed by atoms with E-state index in [0.717, 1.165) is 37.7 Å². The predicted octanol–water partition coefficient (Wildman–Crippen LogP) is 0.538. The standard InChI is InChI=1S/C12H19N7/c1-9(19-6-2-5-14-19)11-15-12(17-16-11)18-7-3-10(13)4-8-18/h2,5-6,9-10H,3-4,7-8,13H2,1H3,(H,15,16,17).